The van der Waals surface area contributed by atoms with Crippen LogP contribution in [0.5, 0.6) is 0 Å². The first kappa shape index (κ1) is 17.1. The summed E-state index contributed by atoms with van der Waals surface area (Å²) >= 11 is 0. The molecule has 21 heavy (non-hydrogen) atoms. The fourth-order valence-corrected chi connectivity index (χ4v) is 1.91. The van der Waals surface area contributed by atoms with E-state index >= 15 is 0 Å². The second-order valence-electron chi connectivity index (χ2n) is 5.40. The molecule has 0 unspecified atom stereocenters. The van der Waals surface area contributed by atoms with Crippen LogP contribution < -0.4 is 0 Å². The van der Waals surface area contributed by atoms with Gasteiger partial charge in [-0.05, 0) is 14.1 Å². The fraction of sp³-hybridized carbons (Fsp3) is 0.714. The number of carboxylic acid groups (broad SMARTS) is 1. The molecule has 0 radical (unpaired) electrons. The van der Waals surface area contributed by atoms with Crippen molar-refractivity contribution in [2.45, 2.75) is 31.3 Å². The summed E-state index contributed by atoms with van der Waals surface area (Å²) in [7, 11) is 3.75. The molecule has 0 atom stereocenters. The zero-order valence-electron chi connectivity index (χ0n) is 12.6. The lowest BCUT2D eigenvalue weighted by atomic mass is 10.0. The first-order chi connectivity index (χ1) is 9.88. The lowest BCUT2D eigenvalue weighted by Gasteiger charge is -2.23. The normalized spacial score (nSPS) is 14.8. The van der Waals surface area contributed by atoms with Crippen LogP contribution in [0.3, 0.4) is 0 Å². The SMILES string of the molecule is C#CCCC1(CCC(=O)N(CCN(C)C)CC(=O)O)N=N1. The Kier molecular flexibility index (Phi) is 6.31. The van der Waals surface area contributed by atoms with E-state index in [2.05, 4.69) is 16.1 Å². The quantitative estimate of drug-likeness (QED) is 0.604. The minimum atomic E-state index is -1.01. The molecule has 0 saturated heterocycles. The Morgan fingerprint density at radius 1 is 1.24 bits per heavy atom. The van der Waals surface area contributed by atoms with Crippen molar-refractivity contribution < 1.29 is 14.7 Å². The van der Waals surface area contributed by atoms with Crippen LogP contribution in [0.1, 0.15) is 25.7 Å². The van der Waals surface area contributed by atoms with E-state index in [1.165, 1.54) is 4.90 Å². The molecule has 1 aliphatic heterocycles. The van der Waals surface area contributed by atoms with Crippen molar-refractivity contribution in [3.05, 3.63) is 0 Å². The second-order valence-corrected chi connectivity index (χ2v) is 5.40. The Bertz CT molecular complexity index is 448. The van der Waals surface area contributed by atoms with Gasteiger partial charge in [-0.15, -0.1) is 12.3 Å². The number of rotatable bonds is 10. The first-order valence-electron chi connectivity index (χ1n) is 6.90. The Morgan fingerprint density at radius 2 is 1.90 bits per heavy atom. The molecule has 0 bridgehead atoms. The Morgan fingerprint density at radius 3 is 2.38 bits per heavy atom. The highest BCUT2D eigenvalue weighted by atomic mass is 16.4. The summed E-state index contributed by atoms with van der Waals surface area (Å²) in [6.45, 7) is 0.734. The summed E-state index contributed by atoms with van der Waals surface area (Å²) in [5.74, 6) is 1.34. The molecule has 0 fully saturated rings. The Balaban J connectivity index is 2.44. The molecule has 1 aliphatic rings. The molecule has 0 aromatic carbocycles. The van der Waals surface area contributed by atoms with Crippen LogP contribution in [0.4, 0.5) is 0 Å². The maximum atomic E-state index is 12.2. The van der Waals surface area contributed by atoms with Crippen LogP contribution >= 0.6 is 0 Å². The van der Waals surface area contributed by atoms with E-state index in [1.807, 2.05) is 19.0 Å². The van der Waals surface area contributed by atoms with Gasteiger partial charge in [0.05, 0.1) is 0 Å². The third kappa shape index (κ3) is 6.36. The molecule has 1 N–H and O–H groups in total. The molecule has 0 aliphatic carbocycles. The van der Waals surface area contributed by atoms with Crippen LogP contribution in [0.2, 0.25) is 0 Å². The highest BCUT2D eigenvalue weighted by molar-refractivity contribution is 5.81. The molecule has 7 heteroatoms. The van der Waals surface area contributed by atoms with Crippen molar-refractivity contribution in [2.24, 2.45) is 10.2 Å². The summed E-state index contributed by atoms with van der Waals surface area (Å²) in [5.41, 5.74) is -0.502. The van der Waals surface area contributed by atoms with E-state index in [4.69, 9.17) is 11.5 Å². The van der Waals surface area contributed by atoms with Crippen LogP contribution in [-0.2, 0) is 9.59 Å². The van der Waals surface area contributed by atoms with Crippen molar-refractivity contribution in [3.8, 4) is 12.3 Å². The van der Waals surface area contributed by atoms with Gasteiger partial charge in [-0.1, -0.05) is 0 Å². The van der Waals surface area contributed by atoms with Gasteiger partial charge in [0.25, 0.3) is 0 Å². The average Bonchev–Trinajstić information content (AvgIpc) is 3.18. The van der Waals surface area contributed by atoms with Crippen LogP contribution in [-0.4, -0.2) is 66.2 Å². The van der Waals surface area contributed by atoms with E-state index in [9.17, 15) is 9.59 Å². The maximum absolute atomic E-state index is 12.2. The number of likely N-dealkylation sites (N-methyl/N-ethyl adjacent to an activating group) is 1. The summed E-state index contributed by atoms with van der Waals surface area (Å²) in [5, 5.41) is 16.8. The zero-order chi connectivity index (χ0) is 15.9. The zero-order valence-corrected chi connectivity index (χ0v) is 12.6. The number of hydrogen-bond donors (Lipinski definition) is 1. The molecule has 1 rings (SSSR count). The lowest BCUT2D eigenvalue weighted by molar-refractivity contribution is -0.144. The molecule has 0 aromatic heterocycles. The molecule has 116 valence electrons. The van der Waals surface area contributed by atoms with Crippen LogP contribution in [0.15, 0.2) is 10.2 Å². The van der Waals surface area contributed by atoms with Gasteiger partial charge < -0.3 is 14.9 Å². The van der Waals surface area contributed by atoms with E-state index in [-0.39, 0.29) is 18.9 Å². The summed E-state index contributed by atoms with van der Waals surface area (Å²) in [6, 6.07) is 0. The third-order valence-corrected chi connectivity index (χ3v) is 3.29. The van der Waals surface area contributed by atoms with Gasteiger partial charge in [0.15, 0.2) is 5.66 Å². The predicted octanol–water partition coefficient (Wildman–Crippen LogP) is 0.817. The highest BCUT2D eigenvalue weighted by Crippen LogP contribution is 2.37. The van der Waals surface area contributed by atoms with Crippen molar-refractivity contribution in [1.29, 1.82) is 0 Å². The Labute approximate surface area is 125 Å². The molecule has 7 nitrogen and oxygen atoms in total. The van der Waals surface area contributed by atoms with E-state index < -0.39 is 11.6 Å². The number of amides is 1. The van der Waals surface area contributed by atoms with Crippen LogP contribution in [0.25, 0.3) is 0 Å². The topological polar surface area (TPSA) is 85.6 Å². The maximum Gasteiger partial charge on any atom is 0.323 e. The molecular formula is C14H22N4O3. The number of carboxylic acids is 1. The van der Waals surface area contributed by atoms with Crippen molar-refractivity contribution >= 4 is 11.9 Å². The van der Waals surface area contributed by atoms with E-state index in [0.29, 0.717) is 32.4 Å². The number of carbonyl (C=O) groups is 2. The largest absolute Gasteiger partial charge is 0.480 e. The lowest BCUT2D eigenvalue weighted by Crippen LogP contribution is -2.40. The average molecular weight is 294 g/mol. The van der Waals surface area contributed by atoms with Crippen molar-refractivity contribution in [1.82, 2.24) is 9.80 Å². The standard InChI is InChI=1S/C14H22N4O3/c1-4-5-7-14(15-16-14)8-6-12(19)18(11-13(20)21)10-9-17(2)3/h1H,5-11H2,2-3H3,(H,20,21). The van der Waals surface area contributed by atoms with Gasteiger partial charge in [0.1, 0.15) is 6.54 Å². The molecule has 0 saturated carbocycles. The fourth-order valence-electron chi connectivity index (χ4n) is 1.91. The predicted molar refractivity (Wildman–Crippen MR) is 77.7 cm³/mol. The van der Waals surface area contributed by atoms with Gasteiger partial charge in [0.2, 0.25) is 5.91 Å². The number of hydrogen-bond acceptors (Lipinski definition) is 5. The number of terminal acetylenes is 1. The van der Waals surface area contributed by atoms with Crippen LogP contribution in [0, 0.1) is 12.3 Å². The number of carbonyl (C=O) groups excluding carboxylic acids is 1. The van der Waals surface area contributed by atoms with Gasteiger partial charge in [-0.3, -0.25) is 9.59 Å². The summed E-state index contributed by atoms with van der Waals surface area (Å²) in [6.07, 6.45) is 7.15. The van der Waals surface area contributed by atoms with Gasteiger partial charge in [-0.25, -0.2) is 0 Å². The molecular weight excluding hydrogens is 272 g/mol. The second kappa shape index (κ2) is 7.74. The molecule has 0 aromatic rings. The Hall–Kier alpha value is -1.94. The van der Waals surface area contributed by atoms with Crippen molar-refractivity contribution in [2.75, 3.05) is 33.7 Å². The smallest absolute Gasteiger partial charge is 0.323 e. The number of nitrogens with zero attached hydrogens (tertiary/aromatic N) is 4. The van der Waals surface area contributed by atoms with Gasteiger partial charge in [-0.2, -0.15) is 10.2 Å². The van der Waals surface area contributed by atoms with Crippen molar-refractivity contribution in [3.63, 3.8) is 0 Å². The molecule has 0 spiro atoms. The van der Waals surface area contributed by atoms with Gasteiger partial charge in [0, 0.05) is 38.8 Å². The van der Waals surface area contributed by atoms with E-state index in [1.54, 1.807) is 0 Å². The summed E-state index contributed by atoms with van der Waals surface area (Å²) < 4.78 is 0. The first-order valence-corrected chi connectivity index (χ1v) is 6.90. The minimum absolute atomic E-state index is 0.184. The summed E-state index contributed by atoms with van der Waals surface area (Å²) in [4.78, 5) is 26.3. The molecule has 1 amide bonds. The minimum Gasteiger partial charge on any atom is -0.480 e. The number of aliphatic carboxylic acids is 1. The van der Waals surface area contributed by atoms with Gasteiger partial charge >= 0.3 is 5.97 Å². The highest BCUT2D eigenvalue weighted by Gasteiger charge is 2.39. The van der Waals surface area contributed by atoms with E-state index in [0.717, 1.165) is 0 Å². The molecule has 1 heterocycles. The monoisotopic (exact) mass is 294 g/mol. The third-order valence-electron chi connectivity index (χ3n) is 3.29.